The largest absolute Gasteiger partial charge is 0.0839 e. The Morgan fingerprint density at radius 2 is 1.82 bits per heavy atom. The standard InChI is InChI=1S/C15H14Br2/c1-9-6-7-13(16)12-8-14(17)10-4-2-3-5-11(10)15(9)12/h2-5,8-9,13H,6-7H2,1H3. The molecule has 0 spiro atoms. The van der Waals surface area contributed by atoms with Crippen LogP contribution in [-0.2, 0) is 0 Å². The number of alkyl halides is 1. The molecule has 2 heteroatoms. The van der Waals surface area contributed by atoms with E-state index in [-0.39, 0.29) is 0 Å². The molecule has 0 fully saturated rings. The molecule has 0 radical (unpaired) electrons. The van der Waals surface area contributed by atoms with Gasteiger partial charge in [0.2, 0.25) is 0 Å². The second-order valence-electron chi connectivity index (χ2n) is 4.85. The minimum absolute atomic E-state index is 0.509. The van der Waals surface area contributed by atoms with E-state index in [1.165, 1.54) is 39.2 Å². The van der Waals surface area contributed by atoms with Gasteiger partial charge in [0.05, 0.1) is 0 Å². The predicted molar refractivity (Wildman–Crippen MR) is 81.0 cm³/mol. The molecule has 2 atom stereocenters. The summed E-state index contributed by atoms with van der Waals surface area (Å²) in [6, 6.07) is 11.0. The Morgan fingerprint density at radius 3 is 2.59 bits per heavy atom. The van der Waals surface area contributed by atoms with E-state index >= 15 is 0 Å². The van der Waals surface area contributed by atoms with Crippen LogP contribution in [0.15, 0.2) is 34.8 Å². The average Bonchev–Trinajstić information content (AvgIpc) is 2.34. The lowest BCUT2D eigenvalue weighted by Gasteiger charge is -2.28. The topological polar surface area (TPSA) is 0 Å². The molecule has 88 valence electrons. The zero-order valence-corrected chi connectivity index (χ0v) is 12.9. The molecular formula is C15H14Br2. The zero-order chi connectivity index (χ0) is 12.0. The van der Waals surface area contributed by atoms with Crippen LogP contribution in [0.3, 0.4) is 0 Å². The second-order valence-corrected chi connectivity index (χ2v) is 6.81. The zero-order valence-electron chi connectivity index (χ0n) is 9.71. The third kappa shape index (κ3) is 1.86. The second kappa shape index (κ2) is 4.40. The summed E-state index contributed by atoms with van der Waals surface area (Å²) in [5, 5.41) is 2.74. The van der Waals surface area contributed by atoms with Gasteiger partial charge in [-0.3, -0.25) is 0 Å². The Hall–Kier alpha value is -0.340. The van der Waals surface area contributed by atoms with Crippen molar-refractivity contribution in [1.82, 2.24) is 0 Å². The molecule has 2 aromatic rings. The third-order valence-electron chi connectivity index (χ3n) is 3.75. The molecule has 0 saturated carbocycles. The highest BCUT2D eigenvalue weighted by Gasteiger charge is 2.25. The van der Waals surface area contributed by atoms with Gasteiger partial charge in [-0.05, 0) is 46.7 Å². The van der Waals surface area contributed by atoms with Gasteiger partial charge in [0, 0.05) is 9.30 Å². The summed E-state index contributed by atoms with van der Waals surface area (Å²) in [6.07, 6.45) is 2.51. The normalized spacial score (nSPS) is 23.7. The summed E-state index contributed by atoms with van der Waals surface area (Å²) in [4.78, 5) is 0.509. The van der Waals surface area contributed by atoms with Crippen molar-refractivity contribution in [2.45, 2.75) is 30.5 Å². The lowest BCUT2D eigenvalue weighted by molar-refractivity contribution is 0.591. The fourth-order valence-corrected chi connectivity index (χ4v) is 4.11. The highest BCUT2D eigenvalue weighted by Crippen LogP contribution is 2.46. The smallest absolute Gasteiger partial charge is 0.0399 e. The number of halogens is 2. The van der Waals surface area contributed by atoms with Crippen molar-refractivity contribution in [2.75, 3.05) is 0 Å². The molecule has 0 nitrogen and oxygen atoms in total. The summed E-state index contributed by atoms with van der Waals surface area (Å²) in [6.45, 7) is 2.35. The van der Waals surface area contributed by atoms with Crippen LogP contribution >= 0.6 is 31.9 Å². The van der Waals surface area contributed by atoms with Crippen LogP contribution in [0.1, 0.15) is 41.6 Å². The molecule has 3 rings (SSSR count). The Kier molecular flexibility index (Phi) is 3.04. The number of hydrogen-bond acceptors (Lipinski definition) is 0. The SMILES string of the molecule is CC1CCC(Br)c2cc(Br)c3ccccc3c21. The van der Waals surface area contributed by atoms with E-state index in [4.69, 9.17) is 0 Å². The first-order valence-electron chi connectivity index (χ1n) is 6.03. The van der Waals surface area contributed by atoms with Gasteiger partial charge in [-0.1, -0.05) is 63.0 Å². The van der Waals surface area contributed by atoms with Gasteiger partial charge in [-0.25, -0.2) is 0 Å². The fourth-order valence-electron chi connectivity index (χ4n) is 2.88. The summed E-state index contributed by atoms with van der Waals surface area (Å²) in [7, 11) is 0. The summed E-state index contributed by atoms with van der Waals surface area (Å²) >= 11 is 7.52. The van der Waals surface area contributed by atoms with Crippen molar-refractivity contribution in [3.05, 3.63) is 45.9 Å². The maximum absolute atomic E-state index is 3.81. The van der Waals surface area contributed by atoms with Crippen molar-refractivity contribution < 1.29 is 0 Å². The minimum atomic E-state index is 0.509. The Labute approximate surface area is 119 Å². The van der Waals surface area contributed by atoms with Crippen molar-refractivity contribution in [1.29, 1.82) is 0 Å². The molecule has 2 aromatic carbocycles. The summed E-state index contributed by atoms with van der Waals surface area (Å²) in [5.41, 5.74) is 3.01. The lowest BCUT2D eigenvalue weighted by Crippen LogP contribution is -2.09. The van der Waals surface area contributed by atoms with Crippen molar-refractivity contribution >= 4 is 42.6 Å². The Balaban J connectivity index is 2.41. The molecule has 0 bridgehead atoms. The van der Waals surface area contributed by atoms with E-state index < -0.39 is 0 Å². The first-order chi connectivity index (χ1) is 8.18. The average molecular weight is 354 g/mol. The van der Waals surface area contributed by atoms with Crippen LogP contribution in [-0.4, -0.2) is 0 Å². The van der Waals surface area contributed by atoms with E-state index in [0.29, 0.717) is 10.7 Å². The highest BCUT2D eigenvalue weighted by molar-refractivity contribution is 9.10. The van der Waals surface area contributed by atoms with Crippen molar-refractivity contribution in [3.63, 3.8) is 0 Å². The van der Waals surface area contributed by atoms with Gasteiger partial charge in [-0.15, -0.1) is 0 Å². The first kappa shape index (κ1) is 11.7. The predicted octanol–water partition coefficient (Wildman–Crippen LogP) is 5.94. The maximum Gasteiger partial charge on any atom is 0.0399 e. The van der Waals surface area contributed by atoms with Crippen LogP contribution < -0.4 is 0 Å². The van der Waals surface area contributed by atoms with Crippen LogP contribution in [0, 0.1) is 0 Å². The van der Waals surface area contributed by atoms with Crippen LogP contribution in [0.4, 0.5) is 0 Å². The van der Waals surface area contributed by atoms with Gasteiger partial charge in [0.25, 0.3) is 0 Å². The molecule has 17 heavy (non-hydrogen) atoms. The molecule has 2 unspecified atom stereocenters. The van der Waals surface area contributed by atoms with Gasteiger partial charge in [0.15, 0.2) is 0 Å². The minimum Gasteiger partial charge on any atom is -0.0839 e. The van der Waals surface area contributed by atoms with Crippen LogP contribution in [0.25, 0.3) is 10.8 Å². The lowest BCUT2D eigenvalue weighted by atomic mass is 9.81. The fraction of sp³-hybridized carbons (Fsp3) is 0.333. The molecule has 0 N–H and O–H groups in total. The van der Waals surface area contributed by atoms with E-state index in [2.05, 4.69) is 69.1 Å². The Morgan fingerprint density at radius 1 is 1.12 bits per heavy atom. The summed E-state index contributed by atoms with van der Waals surface area (Å²) in [5.74, 6) is 0.664. The van der Waals surface area contributed by atoms with Gasteiger partial charge >= 0.3 is 0 Å². The quantitative estimate of drug-likeness (QED) is 0.514. The van der Waals surface area contributed by atoms with Crippen LogP contribution in [0.2, 0.25) is 0 Å². The molecule has 1 aliphatic carbocycles. The van der Waals surface area contributed by atoms with Gasteiger partial charge in [0.1, 0.15) is 0 Å². The van der Waals surface area contributed by atoms with Crippen molar-refractivity contribution in [3.8, 4) is 0 Å². The molecule has 0 saturated heterocycles. The number of rotatable bonds is 0. The number of fused-ring (bicyclic) bond motifs is 3. The highest BCUT2D eigenvalue weighted by atomic mass is 79.9. The molecule has 0 aromatic heterocycles. The third-order valence-corrected chi connectivity index (χ3v) is 5.36. The maximum atomic E-state index is 3.81. The van der Waals surface area contributed by atoms with Gasteiger partial charge in [-0.2, -0.15) is 0 Å². The van der Waals surface area contributed by atoms with E-state index in [0.717, 1.165) is 0 Å². The first-order valence-corrected chi connectivity index (χ1v) is 7.74. The molecule has 0 heterocycles. The monoisotopic (exact) mass is 352 g/mol. The van der Waals surface area contributed by atoms with E-state index in [9.17, 15) is 0 Å². The van der Waals surface area contributed by atoms with E-state index in [1.807, 2.05) is 0 Å². The van der Waals surface area contributed by atoms with Crippen molar-refractivity contribution in [2.24, 2.45) is 0 Å². The van der Waals surface area contributed by atoms with E-state index in [1.54, 1.807) is 0 Å². The molecule has 0 amide bonds. The Bertz CT molecular complexity index is 574. The van der Waals surface area contributed by atoms with Gasteiger partial charge < -0.3 is 0 Å². The van der Waals surface area contributed by atoms with Crippen LogP contribution in [0.5, 0.6) is 0 Å². The molecule has 1 aliphatic rings. The molecule has 0 aliphatic heterocycles. The summed E-state index contributed by atoms with van der Waals surface area (Å²) < 4.78 is 1.21. The molecular weight excluding hydrogens is 340 g/mol. The number of hydrogen-bond donors (Lipinski definition) is 0. The number of benzene rings is 2.